The molecule has 6 nitrogen and oxygen atoms in total. The Hall–Kier alpha value is -1.66. The van der Waals surface area contributed by atoms with Gasteiger partial charge in [0.05, 0.1) is 0 Å². The number of piperazine rings is 1. The van der Waals surface area contributed by atoms with Crippen molar-refractivity contribution < 1.29 is 4.79 Å². The number of hydrogen-bond acceptors (Lipinski definition) is 5. The van der Waals surface area contributed by atoms with E-state index in [2.05, 4.69) is 20.9 Å². The molecule has 1 aromatic heterocycles. The molecule has 0 unspecified atom stereocenters. The number of nitrogens with zero attached hydrogens (tertiary/aromatic N) is 4. The predicted octanol–water partition coefficient (Wildman–Crippen LogP) is 0.153. The fourth-order valence-electron chi connectivity index (χ4n) is 3.17. The second-order valence-corrected chi connectivity index (χ2v) is 6.16. The van der Waals surface area contributed by atoms with E-state index in [0.717, 1.165) is 58.1 Å². The summed E-state index contributed by atoms with van der Waals surface area (Å²) in [7, 11) is 0. The van der Waals surface area contributed by atoms with Crippen molar-refractivity contribution in [1.82, 2.24) is 14.8 Å². The molecule has 0 aromatic carbocycles. The lowest BCUT2D eigenvalue weighted by atomic mass is 10.2. The Morgan fingerprint density at radius 2 is 2.05 bits per heavy atom. The first-order valence-corrected chi connectivity index (χ1v) is 8.14. The maximum atomic E-state index is 12.1. The van der Waals surface area contributed by atoms with Gasteiger partial charge in [0, 0.05) is 64.5 Å². The van der Waals surface area contributed by atoms with Gasteiger partial charge >= 0.3 is 0 Å². The van der Waals surface area contributed by atoms with Crippen LogP contribution in [0.1, 0.15) is 12.8 Å². The van der Waals surface area contributed by atoms with Crippen LogP contribution in [0.2, 0.25) is 0 Å². The summed E-state index contributed by atoms with van der Waals surface area (Å²) in [5.41, 5.74) is 5.86. The van der Waals surface area contributed by atoms with E-state index in [-0.39, 0.29) is 11.9 Å². The van der Waals surface area contributed by atoms with E-state index in [0.29, 0.717) is 6.42 Å². The standard InChI is InChI=1S/C16H25N5O/c17-14-4-8-21(13-14)16(22)5-7-19-9-11-20(12-10-19)15-3-1-2-6-18-15/h1-3,6,14H,4-5,7-13,17H2/t14-/m0/s1. The van der Waals surface area contributed by atoms with E-state index in [4.69, 9.17) is 5.73 Å². The van der Waals surface area contributed by atoms with Gasteiger partial charge in [0.25, 0.3) is 0 Å². The minimum atomic E-state index is 0.172. The average molecular weight is 303 g/mol. The molecule has 1 atom stereocenters. The van der Waals surface area contributed by atoms with Gasteiger partial charge < -0.3 is 15.5 Å². The van der Waals surface area contributed by atoms with Gasteiger partial charge in [-0.1, -0.05) is 6.07 Å². The molecule has 2 aliphatic heterocycles. The minimum Gasteiger partial charge on any atom is -0.354 e. The first-order chi connectivity index (χ1) is 10.7. The molecule has 3 heterocycles. The van der Waals surface area contributed by atoms with Crippen molar-refractivity contribution in [3.05, 3.63) is 24.4 Å². The smallest absolute Gasteiger partial charge is 0.223 e. The Balaban J connectivity index is 1.40. The van der Waals surface area contributed by atoms with Crippen LogP contribution in [0.4, 0.5) is 5.82 Å². The number of aromatic nitrogens is 1. The molecule has 2 saturated heterocycles. The molecule has 2 fully saturated rings. The number of amides is 1. The van der Waals surface area contributed by atoms with E-state index in [1.807, 2.05) is 23.2 Å². The van der Waals surface area contributed by atoms with Gasteiger partial charge in [0.15, 0.2) is 0 Å². The highest BCUT2D eigenvalue weighted by Gasteiger charge is 2.24. The van der Waals surface area contributed by atoms with Crippen LogP contribution in [0.15, 0.2) is 24.4 Å². The summed E-state index contributed by atoms with van der Waals surface area (Å²) in [4.78, 5) is 23.1. The lowest BCUT2D eigenvalue weighted by Gasteiger charge is -2.35. The predicted molar refractivity (Wildman–Crippen MR) is 86.7 cm³/mol. The normalized spacial score (nSPS) is 23.0. The fraction of sp³-hybridized carbons (Fsp3) is 0.625. The first kappa shape index (κ1) is 15.2. The number of carbonyl (C=O) groups excluding carboxylic acids is 1. The minimum absolute atomic E-state index is 0.172. The highest BCUT2D eigenvalue weighted by molar-refractivity contribution is 5.76. The monoisotopic (exact) mass is 303 g/mol. The second-order valence-electron chi connectivity index (χ2n) is 6.16. The molecular weight excluding hydrogens is 278 g/mol. The van der Waals surface area contributed by atoms with Crippen LogP contribution in [0.5, 0.6) is 0 Å². The number of carbonyl (C=O) groups is 1. The van der Waals surface area contributed by atoms with Crippen LogP contribution in [0, 0.1) is 0 Å². The zero-order valence-electron chi connectivity index (χ0n) is 13.0. The van der Waals surface area contributed by atoms with Gasteiger partial charge in [0.2, 0.25) is 5.91 Å². The lowest BCUT2D eigenvalue weighted by Crippen LogP contribution is -2.47. The summed E-state index contributed by atoms with van der Waals surface area (Å²) >= 11 is 0. The van der Waals surface area contributed by atoms with Crippen molar-refractivity contribution in [3.63, 3.8) is 0 Å². The van der Waals surface area contributed by atoms with Crippen LogP contribution in [-0.4, -0.2) is 72.5 Å². The van der Waals surface area contributed by atoms with Gasteiger partial charge in [0.1, 0.15) is 5.82 Å². The molecule has 0 aliphatic carbocycles. The molecule has 22 heavy (non-hydrogen) atoms. The summed E-state index contributed by atoms with van der Waals surface area (Å²) < 4.78 is 0. The van der Waals surface area contributed by atoms with Crippen LogP contribution in [-0.2, 0) is 4.79 Å². The number of hydrogen-bond donors (Lipinski definition) is 1. The molecule has 1 amide bonds. The van der Waals surface area contributed by atoms with Gasteiger partial charge in [-0.3, -0.25) is 9.69 Å². The number of rotatable bonds is 4. The molecule has 0 saturated carbocycles. The Bertz CT molecular complexity index is 487. The maximum absolute atomic E-state index is 12.1. The van der Waals surface area contributed by atoms with Gasteiger partial charge in [-0.15, -0.1) is 0 Å². The van der Waals surface area contributed by atoms with Crippen LogP contribution >= 0.6 is 0 Å². The van der Waals surface area contributed by atoms with Crippen molar-refractivity contribution in [2.24, 2.45) is 5.73 Å². The molecule has 0 radical (unpaired) electrons. The van der Waals surface area contributed by atoms with E-state index in [1.165, 1.54) is 0 Å². The summed E-state index contributed by atoms with van der Waals surface area (Å²) in [5.74, 6) is 1.30. The summed E-state index contributed by atoms with van der Waals surface area (Å²) in [6.45, 7) is 6.33. The molecule has 0 bridgehead atoms. The molecule has 1 aromatic rings. The van der Waals surface area contributed by atoms with Gasteiger partial charge in [-0.25, -0.2) is 4.98 Å². The number of nitrogens with two attached hydrogens (primary N) is 1. The molecule has 2 aliphatic rings. The third kappa shape index (κ3) is 3.75. The summed E-state index contributed by atoms with van der Waals surface area (Å²) in [5, 5.41) is 0. The third-order valence-electron chi connectivity index (χ3n) is 4.56. The zero-order valence-corrected chi connectivity index (χ0v) is 13.0. The highest BCUT2D eigenvalue weighted by atomic mass is 16.2. The Kier molecular flexibility index (Phi) is 4.90. The summed E-state index contributed by atoms with van der Waals surface area (Å²) in [6, 6.07) is 6.19. The van der Waals surface area contributed by atoms with E-state index in [9.17, 15) is 4.79 Å². The largest absolute Gasteiger partial charge is 0.354 e. The Morgan fingerprint density at radius 3 is 2.68 bits per heavy atom. The van der Waals surface area contributed by atoms with Crippen molar-refractivity contribution in [2.75, 3.05) is 50.7 Å². The van der Waals surface area contributed by atoms with E-state index in [1.54, 1.807) is 0 Å². The summed E-state index contributed by atoms with van der Waals surface area (Å²) in [6.07, 6.45) is 3.38. The molecule has 0 spiro atoms. The quantitative estimate of drug-likeness (QED) is 0.858. The second kappa shape index (κ2) is 7.07. The molecular formula is C16H25N5O. The SMILES string of the molecule is N[C@H]1CCN(C(=O)CCN2CCN(c3ccccn3)CC2)C1. The zero-order chi connectivity index (χ0) is 15.4. The maximum Gasteiger partial charge on any atom is 0.223 e. The number of pyridine rings is 1. The van der Waals surface area contributed by atoms with Crippen molar-refractivity contribution in [3.8, 4) is 0 Å². The highest BCUT2D eigenvalue weighted by Crippen LogP contribution is 2.13. The number of likely N-dealkylation sites (tertiary alicyclic amines) is 1. The third-order valence-corrected chi connectivity index (χ3v) is 4.56. The van der Waals surface area contributed by atoms with Crippen LogP contribution < -0.4 is 10.6 Å². The molecule has 6 heteroatoms. The van der Waals surface area contributed by atoms with Crippen molar-refractivity contribution in [2.45, 2.75) is 18.9 Å². The van der Waals surface area contributed by atoms with Crippen LogP contribution in [0.25, 0.3) is 0 Å². The van der Waals surface area contributed by atoms with Crippen molar-refractivity contribution in [1.29, 1.82) is 0 Å². The molecule has 2 N–H and O–H groups in total. The molecule has 3 rings (SSSR count). The lowest BCUT2D eigenvalue weighted by molar-refractivity contribution is -0.130. The van der Waals surface area contributed by atoms with Gasteiger partial charge in [-0.2, -0.15) is 0 Å². The fourth-order valence-corrected chi connectivity index (χ4v) is 3.17. The Morgan fingerprint density at radius 1 is 1.23 bits per heavy atom. The topological polar surface area (TPSA) is 65.7 Å². The first-order valence-electron chi connectivity index (χ1n) is 8.14. The van der Waals surface area contributed by atoms with E-state index >= 15 is 0 Å². The van der Waals surface area contributed by atoms with E-state index < -0.39 is 0 Å². The molecule has 120 valence electrons. The van der Waals surface area contributed by atoms with Crippen LogP contribution in [0.3, 0.4) is 0 Å². The van der Waals surface area contributed by atoms with Gasteiger partial charge in [-0.05, 0) is 18.6 Å². The van der Waals surface area contributed by atoms with Crippen molar-refractivity contribution >= 4 is 11.7 Å². The Labute approximate surface area is 131 Å². The number of anilines is 1. The average Bonchev–Trinajstić information content (AvgIpc) is 3.00.